The maximum absolute atomic E-state index is 13.7. The van der Waals surface area contributed by atoms with Crippen molar-refractivity contribution in [3.05, 3.63) is 69.7 Å². The molecule has 2 unspecified atom stereocenters. The van der Waals surface area contributed by atoms with Crippen LogP contribution in [0.3, 0.4) is 0 Å². The first-order valence-corrected chi connectivity index (χ1v) is 14.8. The molecule has 3 aliphatic carbocycles. The van der Waals surface area contributed by atoms with Gasteiger partial charge in [-0.15, -0.1) is 11.3 Å². The Kier molecular flexibility index (Phi) is 6.29. The van der Waals surface area contributed by atoms with Crippen molar-refractivity contribution in [2.75, 3.05) is 0 Å². The second kappa shape index (κ2) is 9.37. The first kappa shape index (κ1) is 24.8. The molecule has 2 amide bonds. The number of hydrogen-bond donors (Lipinski definition) is 2. The van der Waals surface area contributed by atoms with Gasteiger partial charge >= 0.3 is 0 Å². The average molecular weight is 521 g/mol. The number of nitrogens with one attached hydrogen (secondary N) is 2. The number of rotatable bonds is 5. The highest BCUT2D eigenvalue weighted by Crippen LogP contribution is 2.63. The lowest BCUT2D eigenvalue weighted by Gasteiger charge is -2.58. The molecule has 6 rings (SSSR count). The first-order valence-electron chi connectivity index (χ1n) is 13.9. The van der Waals surface area contributed by atoms with Gasteiger partial charge in [-0.2, -0.15) is 0 Å². The summed E-state index contributed by atoms with van der Waals surface area (Å²) in [6.07, 6.45) is 11.2. The second-order valence-corrected chi connectivity index (χ2v) is 13.3. The van der Waals surface area contributed by atoms with Gasteiger partial charge in [0.05, 0.1) is 6.04 Å². The molecule has 1 aromatic carbocycles. The summed E-state index contributed by atoms with van der Waals surface area (Å²) in [6, 6.07) is 10.2. The third-order valence-electron chi connectivity index (χ3n) is 10.4. The van der Waals surface area contributed by atoms with E-state index in [0.29, 0.717) is 23.7 Å². The standard InChI is InChI=1S/C31H37FN2O2S/c1-30-14-3-5-23(30)21-11-12-27-31(2,24(21)13-15-30)18-22(29(36)34-27)28(35)33-25(26-6-4-16-37-26)17-19-7-9-20(32)10-8-19/h4,6-10,16,18,21,23-25,27H,3,5,11-15,17H2,1-2H3,(H,33,35)(H,34,36)/t21-,23-,24+,25?,27?,30-,31+/m0/s1. The molecule has 0 saturated heterocycles. The van der Waals surface area contributed by atoms with Gasteiger partial charge < -0.3 is 10.6 Å². The van der Waals surface area contributed by atoms with Crippen molar-refractivity contribution >= 4 is 23.2 Å². The molecule has 0 bridgehead atoms. The maximum atomic E-state index is 13.7. The van der Waals surface area contributed by atoms with E-state index in [2.05, 4.69) is 24.5 Å². The summed E-state index contributed by atoms with van der Waals surface area (Å²) < 4.78 is 13.5. The molecule has 2 N–H and O–H groups in total. The lowest BCUT2D eigenvalue weighted by Crippen LogP contribution is -2.60. The summed E-state index contributed by atoms with van der Waals surface area (Å²) in [5.74, 6) is 1.09. The van der Waals surface area contributed by atoms with Crippen LogP contribution in [0.4, 0.5) is 4.39 Å². The highest BCUT2D eigenvalue weighted by atomic mass is 32.1. The summed E-state index contributed by atoms with van der Waals surface area (Å²) in [5.41, 5.74) is 1.45. The van der Waals surface area contributed by atoms with E-state index in [0.717, 1.165) is 22.8 Å². The monoisotopic (exact) mass is 520 g/mol. The van der Waals surface area contributed by atoms with Crippen LogP contribution in [0.15, 0.2) is 53.4 Å². The topological polar surface area (TPSA) is 58.2 Å². The normalized spacial score (nSPS) is 35.4. The van der Waals surface area contributed by atoms with Gasteiger partial charge in [0.15, 0.2) is 0 Å². The van der Waals surface area contributed by atoms with Crippen molar-refractivity contribution in [1.82, 2.24) is 10.6 Å². The number of benzene rings is 1. The lowest BCUT2D eigenvalue weighted by atomic mass is 9.48. The van der Waals surface area contributed by atoms with E-state index in [1.807, 2.05) is 23.6 Å². The highest BCUT2D eigenvalue weighted by Gasteiger charge is 2.58. The van der Waals surface area contributed by atoms with E-state index in [9.17, 15) is 14.0 Å². The van der Waals surface area contributed by atoms with Crippen molar-refractivity contribution in [3.8, 4) is 0 Å². The Balaban J connectivity index is 1.27. The molecule has 0 radical (unpaired) electrons. The minimum atomic E-state index is -0.318. The molecule has 2 aromatic rings. The van der Waals surface area contributed by atoms with Gasteiger partial charge in [-0.1, -0.05) is 44.5 Å². The Morgan fingerprint density at radius 2 is 1.92 bits per heavy atom. The number of fused-ring (bicyclic) bond motifs is 5. The molecule has 3 fully saturated rings. The van der Waals surface area contributed by atoms with Gasteiger partial charge in [0.2, 0.25) is 0 Å². The van der Waals surface area contributed by atoms with Crippen LogP contribution in [0.5, 0.6) is 0 Å². The highest BCUT2D eigenvalue weighted by molar-refractivity contribution is 7.10. The molecule has 1 aromatic heterocycles. The molecule has 1 aliphatic heterocycles. The van der Waals surface area contributed by atoms with E-state index < -0.39 is 0 Å². The third kappa shape index (κ3) is 4.35. The van der Waals surface area contributed by atoms with Gasteiger partial charge in [-0.3, -0.25) is 9.59 Å². The number of hydrogen-bond acceptors (Lipinski definition) is 3. The minimum absolute atomic E-state index is 0.0934. The predicted octanol–water partition coefficient (Wildman–Crippen LogP) is 6.34. The number of carbonyl (C=O) groups is 2. The maximum Gasteiger partial charge on any atom is 0.257 e. The van der Waals surface area contributed by atoms with Crippen molar-refractivity contribution < 1.29 is 14.0 Å². The van der Waals surface area contributed by atoms with Crippen LogP contribution >= 0.6 is 11.3 Å². The summed E-state index contributed by atoms with van der Waals surface area (Å²) in [5, 5.41) is 8.39. The number of amides is 2. The smallest absolute Gasteiger partial charge is 0.257 e. The summed E-state index contributed by atoms with van der Waals surface area (Å²) in [6.45, 7) is 4.78. The molecule has 0 spiro atoms. The number of thiophene rings is 1. The molecular weight excluding hydrogens is 483 g/mol. The van der Waals surface area contributed by atoms with Gasteiger partial charge in [0, 0.05) is 16.3 Å². The van der Waals surface area contributed by atoms with Crippen molar-refractivity contribution in [3.63, 3.8) is 0 Å². The Morgan fingerprint density at radius 1 is 1.11 bits per heavy atom. The zero-order valence-corrected chi connectivity index (χ0v) is 22.6. The molecule has 3 saturated carbocycles. The van der Waals surface area contributed by atoms with Gasteiger partial charge in [-0.25, -0.2) is 4.39 Å². The molecule has 37 heavy (non-hydrogen) atoms. The van der Waals surface area contributed by atoms with Gasteiger partial charge in [-0.05, 0) is 97.3 Å². The van der Waals surface area contributed by atoms with E-state index in [-0.39, 0.29) is 40.7 Å². The van der Waals surface area contributed by atoms with E-state index in [1.165, 1.54) is 50.7 Å². The molecular formula is C31H37FN2O2S. The number of halogens is 1. The van der Waals surface area contributed by atoms with Crippen molar-refractivity contribution in [2.24, 2.45) is 28.6 Å². The van der Waals surface area contributed by atoms with Crippen LogP contribution in [-0.2, 0) is 16.0 Å². The largest absolute Gasteiger partial charge is 0.348 e. The molecule has 7 atom stereocenters. The van der Waals surface area contributed by atoms with E-state index >= 15 is 0 Å². The Bertz CT molecular complexity index is 1210. The van der Waals surface area contributed by atoms with E-state index in [1.54, 1.807) is 23.5 Å². The second-order valence-electron chi connectivity index (χ2n) is 12.4. The van der Waals surface area contributed by atoms with Crippen LogP contribution in [0, 0.1) is 34.4 Å². The molecule has 6 heteroatoms. The fourth-order valence-electron chi connectivity index (χ4n) is 8.40. The van der Waals surface area contributed by atoms with Crippen LogP contribution in [0.25, 0.3) is 0 Å². The number of carbonyl (C=O) groups excluding carboxylic acids is 2. The summed E-state index contributed by atoms with van der Waals surface area (Å²) in [7, 11) is 0. The van der Waals surface area contributed by atoms with Crippen LogP contribution in [0.2, 0.25) is 0 Å². The molecule has 196 valence electrons. The fourth-order valence-corrected chi connectivity index (χ4v) is 9.18. The van der Waals surface area contributed by atoms with Crippen molar-refractivity contribution in [2.45, 2.75) is 77.3 Å². The fraction of sp³-hybridized carbons (Fsp3) is 0.548. The zero-order chi connectivity index (χ0) is 25.8. The predicted molar refractivity (Wildman–Crippen MR) is 144 cm³/mol. The molecule has 4 aliphatic rings. The van der Waals surface area contributed by atoms with Crippen LogP contribution < -0.4 is 10.6 Å². The van der Waals surface area contributed by atoms with Gasteiger partial charge in [0.1, 0.15) is 11.4 Å². The summed E-state index contributed by atoms with van der Waals surface area (Å²) >= 11 is 1.57. The SMILES string of the molecule is C[C@@]12CCC[C@H]1[C@@H]1CCC3NC(=O)C(C(=O)NC(Cc4ccc(F)cc4)c4cccs4)=C[C@]3(C)[C@@H]1CC2. The van der Waals surface area contributed by atoms with Gasteiger partial charge in [0.25, 0.3) is 11.8 Å². The van der Waals surface area contributed by atoms with Crippen molar-refractivity contribution in [1.29, 1.82) is 0 Å². The Hall–Kier alpha value is -2.47. The summed E-state index contributed by atoms with van der Waals surface area (Å²) in [4.78, 5) is 27.9. The minimum Gasteiger partial charge on any atom is -0.348 e. The van der Waals surface area contributed by atoms with Crippen LogP contribution in [0.1, 0.15) is 75.3 Å². The average Bonchev–Trinajstić information content (AvgIpc) is 3.55. The molecule has 2 heterocycles. The Labute approximate surface area is 223 Å². The Morgan fingerprint density at radius 3 is 2.68 bits per heavy atom. The van der Waals surface area contributed by atoms with E-state index in [4.69, 9.17) is 0 Å². The molecule has 4 nitrogen and oxygen atoms in total. The lowest BCUT2D eigenvalue weighted by molar-refractivity contribution is -0.128. The zero-order valence-electron chi connectivity index (χ0n) is 21.8. The van der Waals surface area contributed by atoms with Crippen LogP contribution in [-0.4, -0.2) is 17.9 Å². The quantitative estimate of drug-likeness (QED) is 0.452. The third-order valence-corrected chi connectivity index (χ3v) is 11.3. The first-order chi connectivity index (χ1) is 17.8.